The molecule has 2 aliphatic rings. The lowest BCUT2D eigenvalue weighted by Crippen LogP contribution is -2.62. The molecule has 12 heteroatoms. The van der Waals surface area contributed by atoms with Crippen LogP contribution in [0.15, 0.2) is 34.7 Å². The number of ether oxygens (including phenoxy) is 1. The average molecular weight is 510 g/mol. The molecular formula is C24H31F4N7O. The van der Waals surface area contributed by atoms with Crippen LogP contribution in [0.2, 0.25) is 0 Å². The van der Waals surface area contributed by atoms with Crippen molar-refractivity contribution in [3.05, 3.63) is 35.4 Å². The summed E-state index contributed by atoms with van der Waals surface area (Å²) >= 11 is 0. The van der Waals surface area contributed by atoms with Gasteiger partial charge >= 0.3 is 6.18 Å². The van der Waals surface area contributed by atoms with E-state index in [4.69, 9.17) is 11.2 Å². The number of anilines is 2. The second-order valence-corrected chi connectivity index (χ2v) is 9.19. The van der Waals surface area contributed by atoms with Crippen LogP contribution in [0, 0.1) is 18.2 Å². The molecule has 8 nitrogen and oxygen atoms in total. The van der Waals surface area contributed by atoms with Gasteiger partial charge in [-0.05, 0) is 39.7 Å². The fourth-order valence-electron chi connectivity index (χ4n) is 4.16. The number of morpholine rings is 1. The summed E-state index contributed by atoms with van der Waals surface area (Å²) in [7, 11) is 0. The maximum Gasteiger partial charge on any atom is 0.417 e. The Morgan fingerprint density at radius 1 is 1.33 bits per heavy atom. The van der Waals surface area contributed by atoms with E-state index in [0.717, 1.165) is 12.3 Å². The minimum atomic E-state index is -4.53. The summed E-state index contributed by atoms with van der Waals surface area (Å²) in [6.07, 6.45) is 6.40. The van der Waals surface area contributed by atoms with Crippen LogP contribution >= 0.6 is 0 Å². The molecule has 3 heterocycles. The summed E-state index contributed by atoms with van der Waals surface area (Å²) in [5.41, 5.74) is 1.78. The highest BCUT2D eigenvalue weighted by atomic mass is 19.4. The highest BCUT2D eigenvalue weighted by molar-refractivity contribution is 5.66. The zero-order valence-electron chi connectivity index (χ0n) is 20.5. The zero-order valence-corrected chi connectivity index (χ0v) is 20.5. The van der Waals surface area contributed by atoms with Gasteiger partial charge in [-0.2, -0.15) is 23.3 Å². The second-order valence-electron chi connectivity index (χ2n) is 9.19. The minimum absolute atomic E-state index is 0.0962. The molecule has 2 atom stereocenters. The maximum absolute atomic E-state index is 14.2. The average Bonchev–Trinajstić information content (AvgIpc) is 2.81. The molecule has 36 heavy (non-hydrogen) atoms. The lowest BCUT2D eigenvalue weighted by atomic mass is 9.84. The molecule has 0 spiro atoms. The van der Waals surface area contributed by atoms with Crippen molar-refractivity contribution in [1.29, 1.82) is 0 Å². The Morgan fingerprint density at radius 2 is 2.06 bits per heavy atom. The van der Waals surface area contributed by atoms with E-state index in [-0.39, 0.29) is 23.8 Å². The number of hydrogen-bond donors (Lipinski definition) is 3. The van der Waals surface area contributed by atoms with Crippen molar-refractivity contribution in [1.82, 2.24) is 20.6 Å². The molecule has 0 aromatic carbocycles. The van der Waals surface area contributed by atoms with E-state index in [1.54, 1.807) is 18.0 Å². The Bertz CT molecular complexity index is 1040. The molecule has 1 aromatic heterocycles. The molecule has 0 amide bonds. The molecule has 2 fully saturated rings. The summed E-state index contributed by atoms with van der Waals surface area (Å²) < 4.78 is 58.8. The number of terminal acetylenes is 1. The van der Waals surface area contributed by atoms with Gasteiger partial charge < -0.3 is 20.3 Å². The van der Waals surface area contributed by atoms with E-state index >= 15 is 0 Å². The summed E-state index contributed by atoms with van der Waals surface area (Å²) in [6.45, 7) is 7.60. The first-order chi connectivity index (χ1) is 17.0. The van der Waals surface area contributed by atoms with E-state index in [2.05, 4.69) is 31.1 Å². The molecule has 1 aromatic rings. The highest BCUT2D eigenvalue weighted by Crippen LogP contribution is 2.28. The van der Waals surface area contributed by atoms with Gasteiger partial charge in [0, 0.05) is 48.7 Å². The minimum Gasteiger partial charge on any atom is -0.384 e. The second kappa shape index (κ2) is 11.7. The molecule has 0 aliphatic carbocycles. The van der Waals surface area contributed by atoms with Gasteiger partial charge in [0.1, 0.15) is 0 Å². The summed E-state index contributed by atoms with van der Waals surface area (Å²) in [6, 6.07) is -0.218. The van der Waals surface area contributed by atoms with Gasteiger partial charge in [-0.1, -0.05) is 5.92 Å². The number of halogens is 4. The topological polar surface area (TPSA) is 86.7 Å². The predicted octanol–water partition coefficient (Wildman–Crippen LogP) is 3.36. The third-order valence-corrected chi connectivity index (χ3v) is 5.99. The molecule has 2 saturated heterocycles. The quantitative estimate of drug-likeness (QED) is 0.171. The third-order valence-electron chi connectivity index (χ3n) is 5.99. The van der Waals surface area contributed by atoms with Gasteiger partial charge in [0.25, 0.3) is 0 Å². The molecular weight excluding hydrogens is 478 g/mol. The normalized spacial score (nSPS) is 23.4. The fraction of sp³-hybridized carbons (Fsp3) is 0.542. The van der Waals surface area contributed by atoms with E-state index in [0.29, 0.717) is 50.9 Å². The molecule has 3 N–H and O–H groups in total. The van der Waals surface area contributed by atoms with Crippen molar-refractivity contribution in [2.75, 3.05) is 36.6 Å². The number of rotatable bonds is 7. The van der Waals surface area contributed by atoms with E-state index in [9.17, 15) is 17.6 Å². The third kappa shape index (κ3) is 7.41. The van der Waals surface area contributed by atoms with Crippen LogP contribution in [0.3, 0.4) is 0 Å². The Hall–Kier alpha value is -3.17. The van der Waals surface area contributed by atoms with Crippen LogP contribution < -0.4 is 21.0 Å². The van der Waals surface area contributed by atoms with Gasteiger partial charge in [0.15, 0.2) is 11.6 Å². The van der Waals surface area contributed by atoms with Crippen LogP contribution in [-0.2, 0) is 4.74 Å². The monoisotopic (exact) mass is 509 g/mol. The Balaban J connectivity index is 1.58. The molecule has 196 valence electrons. The fourth-order valence-corrected chi connectivity index (χ4v) is 4.16. The van der Waals surface area contributed by atoms with Crippen molar-refractivity contribution < 1.29 is 22.3 Å². The number of allylic oxidation sites excluding steroid dienone is 4. The first kappa shape index (κ1) is 27.4. The molecule has 2 unspecified atom stereocenters. The van der Waals surface area contributed by atoms with Crippen molar-refractivity contribution in [3.63, 3.8) is 0 Å². The van der Waals surface area contributed by atoms with Gasteiger partial charge in [0.05, 0.1) is 25.0 Å². The first-order valence-electron chi connectivity index (χ1n) is 11.6. The van der Waals surface area contributed by atoms with Crippen LogP contribution in [0.25, 0.3) is 0 Å². The summed E-state index contributed by atoms with van der Waals surface area (Å²) in [4.78, 5) is 9.97. The Morgan fingerprint density at radius 3 is 2.69 bits per heavy atom. The number of alkyl halides is 3. The largest absolute Gasteiger partial charge is 0.417 e. The van der Waals surface area contributed by atoms with Gasteiger partial charge in [0.2, 0.25) is 5.95 Å². The Kier molecular flexibility index (Phi) is 8.92. The van der Waals surface area contributed by atoms with Crippen molar-refractivity contribution in [2.45, 2.75) is 57.4 Å². The molecule has 2 aliphatic heterocycles. The van der Waals surface area contributed by atoms with Crippen LogP contribution in [0.1, 0.15) is 33.6 Å². The van der Waals surface area contributed by atoms with Gasteiger partial charge in [-0.15, -0.1) is 6.42 Å². The number of aromatic nitrogens is 2. The van der Waals surface area contributed by atoms with E-state index in [1.165, 1.54) is 0 Å². The lowest BCUT2D eigenvalue weighted by Gasteiger charge is -2.43. The van der Waals surface area contributed by atoms with Crippen LogP contribution in [-0.4, -0.2) is 66.3 Å². The molecule has 3 rings (SSSR count). The summed E-state index contributed by atoms with van der Waals surface area (Å²) in [5, 5.41) is 10.8. The molecule has 0 radical (unpaired) electrons. The van der Waals surface area contributed by atoms with Crippen molar-refractivity contribution in [2.24, 2.45) is 5.10 Å². The number of nitrogens with one attached hydrogen (secondary N) is 3. The van der Waals surface area contributed by atoms with Crippen molar-refractivity contribution >= 4 is 18.0 Å². The zero-order chi connectivity index (χ0) is 26.3. The maximum atomic E-state index is 14.2. The van der Waals surface area contributed by atoms with Crippen LogP contribution in [0.4, 0.5) is 29.3 Å². The number of piperidine rings is 1. The van der Waals surface area contributed by atoms with E-state index in [1.807, 2.05) is 19.8 Å². The molecule has 0 saturated carbocycles. The standard InChI is InChI=1S/C24H31F4N7O/c1-5-6-17(24(26,27)28)13-16(2)31-20-8-7-18(33-23(20,3)4)14-30-34-22-29-15-19(25)21(32-22)35-9-11-36-12-10-35/h1,6,13-15,18,20,31,33H,7-12H2,2-4H3,(H,29,32,34)/b16-13+,17-6+,30-14+. The Labute approximate surface area is 208 Å². The number of hydrazone groups is 1. The molecule has 0 bridgehead atoms. The van der Waals surface area contributed by atoms with Crippen LogP contribution in [0.5, 0.6) is 0 Å². The SMILES string of the molecule is C#C/C=C(\C=C(/C)NC1CCC(/C=N/Nc2ncc(F)c(N3CCOCC3)n2)NC1(C)C)C(F)(F)F. The smallest absolute Gasteiger partial charge is 0.384 e. The summed E-state index contributed by atoms with van der Waals surface area (Å²) in [5.74, 6) is 1.80. The number of nitrogens with zero attached hydrogens (tertiary/aromatic N) is 4. The van der Waals surface area contributed by atoms with Gasteiger partial charge in [-0.3, -0.25) is 0 Å². The number of hydrogen-bond acceptors (Lipinski definition) is 8. The lowest BCUT2D eigenvalue weighted by molar-refractivity contribution is -0.0882. The van der Waals surface area contributed by atoms with Gasteiger partial charge in [-0.25, -0.2) is 14.8 Å². The van der Waals surface area contributed by atoms with E-state index < -0.39 is 23.1 Å². The first-order valence-corrected chi connectivity index (χ1v) is 11.6. The highest BCUT2D eigenvalue weighted by Gasteiger charge is 2.36. The van der Waals surface area contributed by atoms with Crippen molar-refractivity contribution in [3.8, 4) is 12.3 Å². The predicted molar refractivity (Wildman–Crippen MR) is 131 cm³/mol.